The number of hydrogen-bond acceptors (Lipinski definition) is 2. The largest absolute Gasteiger partial charge is 0.256 e. The number of hydrogen-bond donors (Lipinski definition) is 0. The van der Waals surface area contributed by atoms with Crippen LogP contribution in [0.3, 0.4) is 0 Å². The smallest absolute Gasteiger partial charge is 0.124 e. The minimum Gasteiger partial charge on any atom is -0.256 e. The van der Waals surface area contributed by atoms with Crippen LogP contribution >= 0.6 is 11.6 Å². The molecule has 0 amide bonds. The molecule has 0 saturated carbocycles. The average molecular weight is 421 g/mol. The number of benzene rings is 2. The van der Waals surface area contributed by atoms with E-state index >= 15 is 0 Å². The summed E-state index contributed by atoms with van der Waals surface area (Å²) in [5, 5.41) is 2.71. The van der Waals surface area contributed by atoms with Crippen molar-refractivity contribution in [1.82, 2.24) is 9.97 Å². The first-order chi connectivity index (χ1) is 14.4. The van der Waals surface area contributed by atoms with Crippen molar-refractivity contribution in [3.05, 3.63) is 82.4 Å². The monoisotopic (exact) mass is 420 g/mol. The standard InChI is InChI=1S/C26H26ClFN2/c1-16(2)9-20-14-23(28)15-24-18(6-8-30-26(20)24)10-17(3)11-21-13-22(27)12-19-5-4-7-29-25(19)21/h4-8,12-17H,9-11H2,1-3H3. The van der Waals surface area contributed by atoms with Crippen LogP contribution in [-0.4, -0.2) is 9.97 Å². The Morgan fingerprint density at radius 2 is 1.57 bits per heavy atom. The Labute approximate surface area is 182 Å². The molecule has 0 bridgehead atoms. The Morgan fingerprint density at radius 1 is 0.833 bits per heavy atom. The van der Waals surface area contributed by atoms with Crippen molar-refractivity contribution in [2.24, 2.45) is 11.8 Å². The first kappa shape index (κ1) is 20.7. The first-order valence-corrected chi connectivity index (χ1v) is 10.9. The molecule has 0 aliphatic carbocycles. The topological polar surface area (TPSA) is 25.8 Å². The number of nitrogens with zero attached hydrogens (tertiary/aromatic N) is 2. The van der Waals surface area contributed by atoms with E-state index in [1.54, 1.807) is 12.1 Å². The number of pyridine rings is 2. The quantitative estimate of drug-likeness (QED) is 0.329. The zero-order chi connectivity index (χ0) is 21.3. The Kier molecular flexibility index (Phi) is 6.01. The summed E-state index contributed by atoms with van der Waals surface area (Å²) < 4.78 is 14.4. The van der Waals surface area contributed by atoms with Gasteiger partial charge >= 0.3 is 0 Å². The zero-order valence-electron chi connectivity index (χ0n) is 17.6. The second-order valence-electron chi connectivity index (χ2n) is 8.68. The summed E-state index contributed by atoms with van der Waals surface area (Å²) in [7, 11) is 0. The number of fused-ring (bicyclic) bond motifs is 2. The summed E-state index contributed by atoms with van der Waals surface area (Å²) in [6.07, 6.45) is 6.18. The fourth-order valence-corrected chi connectivity index (χ4v) is 4.57. The average Bonchev–Trinajstić information content (AvgIpc) is 2.68. The van der Waals surface area contributed by atoms with E-state index in [-0.39, 0.29) is 5.82 Å². The highest BCUT2D eigenvalue weighted by Gasteiger charge is 2.15. The van der Waals surface area contributed by atoms with E-state index in [4.69, 9.17) is 11.6 Å². The van der Waals surface area contributed by atoms with Gasteiger partial charge in [-0.1, -0.05) is 38.4 Å². The fraction of sp³-hybridized carbons (Fsp3) is 0.308. The molecule has 0 aliphatic heterocycles. The third-order valence-electron chi connectivity index (χ3n) is 5.49. The van der Waals surface area contributed by atoms with Gasteiger partial charge in [-0.05, 0) is 84.2 Å². The molecule has 0 radical (unpaired) electrons. The van der Waals surface area contributed by atoms with Gasteiger partial charge in [-0.3, -0.25) is 9.97 Å². The molecule has 1 unspecified atom stereocenters. The van der Waals surface area contributed by atoms with Gasteiger partial charge in [0, 0.05) is 28.2 Å². The van der Waals surface area contributed by atoms with Crippen LogP contribution in [0.1, 0.15) is 37.5 Å². The zero-order valence-corrected chi connectivity index (χ0v) is 18.4. The van der Waals surface area contributed by atoms with Gasteiger partial charge in [-0.2, -0.15) is 0 Å². The summed E-state index contributed by atoms with van der Waals surface area (Å²) >= 11 is 6.34. The highest BCUT2D eigenvalue weighted by molar-refractivity contribution is 6.31. The lowest BCUT2D eigenvalue weighted by Gasteiger charge is -2.16. The van der Waals surface area contributed by atoms with Crippen LogP contribution < -0.4 is 0 Å². The molecular weight excluding hydrogens is 395 g/mol. The van der Waals surface area contributed by atoms with Crippen LogP contribution in [0, 0.1) is 17.7 Å². The highest BCUT2D eigenvalue weighted by atomic mass is 35.5. The van der Waals surface area contributed by atoms with Crippen molar-refractivity contribution in [2.45, 2.75) is 40.0 Å². The third kappa shape index (κ3) is 4.46. The van der Waals surface area contributed by atoms with Gasteiger partial charge in [0.05, 0.1) is 11.0 Å². The molecule has 0 spiro atoms. The van der Waals surface area contributed by atoms with E-state index in [0.29, 0.717) is 11.8 Å². The van der Waals surface area contributed by atoms with Gasteiger partial charge in [0.25, 0.3) is 0 Å². The lowest BCUT2D eigenvalue weighted by atomic mass is 9.90. The van der Waals surface area contributed by atoms with E-state index in [1.165, 1.54) is 0 Å². The minimum absolute atomic E-state index is 0.190. The lowest BCUT2D eigenvalue weighted by Crippen LogP contribution is -2.06. The minimum atomic E-state index is -0.190. The molecule has 0 fully saturated rings. The fourth-order valence-electron chi connectivity index (χ4n) is 4.32. The second kappa shape index (κ2) is 8.69. The third-order valence-corrected chi connectivity index (χ3v) is 5.71. The van der Waals surface area contributed by atoms with Crippen molar-refractivity contribution in [1.29, 1.82) is 0 Å². The van der Waals surface area contributed by atoms with Crippen LogP contribution in [0.5, 0.6) is 0 Å². The number of aromatic nitrogens is 2. The molecule has 0 saturated heterocycles. The van der Waals surface area contributed by atoms with E-state index < -0.39 is 0 Å². The summed E-state index contributed by atoms with van der Waals surface area (Å²) in [4.78, 5) is 9.15. The second-order valence-corrected chi connectivity index (χ2v) is 9.12. The summed E-state index contributed by atoms with van der Waals surface area (Å²) in [6.45, 7) is 6.51. The van der Waals surface area contributed by atoms with Gasteiger partial charge in [0.15, 0.2) is 0 Å². The molecule has 2 aromatic carbocycles. The summed E-state index contributed by atoms with van der Waals surface area (Å²) in [5.41, 5.74) is 5.19. The summed E-state index contributed by atoms with van der Waals surface area (Å²) in [6, 6.07) is 13.2. The van der Waals surface area contributed by atoms with Gasteiger partial charge in [0.2, 0.25) is 0 Å². The van der Waals surface area contributed by atoms with E-state index in [0.717, 1.165) is 62.8 Å². The van der Waals surface area contributed by atoms with Crippen LogP contribution in [-0.2, 0) is 19.3 Å². The Balaban J connectivity index is 1.66. The predicted molar refractivity (Wildman–Crippen MR) is 124 cm³/mol. The molecule has 4 rings (SSSR count). The van der Waals surface area contributed by atoms with E-state index in [2.05, 4.69) is 30.7 Å². The van der Waals surface area contributed by atoms with Crippen molar-refractivity contribution in [3.63, 3.8) is 0 Å². The maximum atomic E-state index is 14.4. The predicted octanol–water partition coefficient (Wildman–Crippen LogP) is 7.20. The highest BCUT2D eigenvalue weighted by Crippen LogP contribution is 2.29. The Hall–Kier alpha value is -2.52. The van der Waals surface area contributed by atoms with Crippen molar-refractivity contribution < 1.29 is 4.39 Å². The van der Waals surface area contributed by atoms with Gasteiger partial charge in [-0.15, -0.1) is 0 Å². The molecule has 4 aromatic rings. The molecule has 2 nitrogen and oxygen atoms in total. The molecular formula is C26H26ClFN2. The van der Waals surface area contributed by atoms with E-state index in [9.17, 15) is 4.39 Å². The molecule has 1 atom stereocenters. The van der Waals surface area contributed by atoms with Crippen LogP contribution in [0.15, 0.2) is 54.9 Å². The normalized spacial score (nSPS) is 12.7. The molecule has 0 N–H and O–H groups in total. The van der Waals surface area contributed by atoms with Crippen molar-refractivity contribution >= 4 is 33.4 Å². The van der Waals surface area contributed by atoms with Crippen LogP contribution in [0.2, 0.25) is 5.02 Å². The maximum absolute atomic E-state index is 14.4. The van der Waals surface area contributed by atoms with Gasteiger partial charge in [0.1, 0.15) is 5.82 Å². The first-order valence-electron chi connectivity index (χ1n) is 10.5. The van der Waals surface area contributed by atoms with Gasteiger partial charge < -0.3 is 0 Å². The number of halogens is 2. The maximum Gasteiger partial charge on any atom is 0.124 e. The number of rotatable bonds is 6. The lowest BCUT2D eigenvalue weighted by molar-refractivity contribution is 0.580. The SMILES string of the molecule is CC(C)Cc1cc(F)cc2c(CC(C)Cc3cc(Cl)cc4cccnc34)ccnc12. The Morgan fingerprint density at radius 3 is 2.37 bits per heavy atom. The molecule has 30 heavy (non-hydrogen) atoms. The summed E-state index contributed by atoms with van der Waals surface area (Å²) in [5.74, 6) is 0.601. The van der Waals surface area contributed by atoms with Crippen molar-refractivity contribution in [3.8, 4) is 0 Å². The molecule has 2 aromatic heterocycles. The molecule has 4 heteroatoms. The van der Waals surface area contributed by atoms with Crippen LogP contribution in [0.25, 0.3) is 21.8 Å². The molecule has 0 aliphatic rings. The van der Waals surface area contributed by atoms with Crippen LogP contribution in [0.4, 0.5) is 4.39 Å². The Bertz CT molecular complexity index is 1200. The van der Waals surface area contributed by atoms with E-state index in [1.807, 2.05) is 42.7 Å². The van der Waals surface area contributed by atoms with Gasteiger partial charge in [-0.25, -0.2) is 4.39 Å². The molecule has 154 valence electrons. The molecule has 2 heterocycles. The van der Waals surface area contributed by atoms with Crippen molar-refractivity contribution in [2.75, 3.05) is 0 Å².